The van der Waals surface area contributed by atoms with Gasteiger partial charge in [-0.15, -0.1) is 11.3 Å². The van der Waals surface area contributed by atoms with Gasteiger partial charge in [-0.05, 0) is 51.8 Å². The molecule has 0 radical (unpaired) electrons. The van der Waals surface area contributed by atoms with E-state index >= 15 is 0 Å². The third-order valence-electron chi connectivity index (χ3n) is 3.21. The molecule has 1 aliphatic rings. The quantitative estimate of drug-likeness (QED) is 0.779. The summed E-state index contributed by atoms with van der Waals surface area (Å²) in [6.07, 6.45) is 3.70. The van der Waals surface area contributed by atoms with Crippen LogP contribution in [0, 0.1) is 0 Å². The summed E-state index contributed by atoms with van der Waals surface area (Å²) in [6, 6.07) is 9.31. The molecule has 0 unspecified atom stereocenters. The van der Waals surface area contributed by atoms with E-state index in [0.717, 1.165) is 26.3 Å². The third-order valence-corrected chi connectivity index (χ3v) is 4.85. The van der Waals surface area contributed by atoms with Gasteiger partial charge in [-0.3, -0.25) is 9.59 Å². The molecule has 4 nitrogen and oxygen atoms in total. The van der Waals surface area contributed by atoms with Crippen LogP contribution in [-0.2, 0) is 9.59 Å². The van der Waals surface area contributed by atoms with E-state index in [1.165, 1.54) is 6.92 Å². The van der Waals surface area contributed by atoms with Crippen molar-refractivity contribution in [1.82, 2.24) is 5.32 Å². The molecule has 0 atom stereocenters. The molecule has 23 heavy (non-hydrogen) atoms. The zero-order chi connectivity index (χ0) is 16.4. The van der Waals surface area contributed by atoms with E-state index in [2.05, 4.69) is 26.6 Å². The predicted octanol–water partition coefficient (Wildman–Crippen LogP) is 4.02. The molecule has 1 aromatic carbocycles. The molecule has 0 saturated heterocycles. The van der Waals surface area contributed by atoms with E-state index in [1.807, 2.05) is 47.9 Å². The summed E-state index contributed by atoms with van der Waals surface area (Å²) in [5, 5.41) is 7.56. The van der Waals surface area contributed by atoms with Crippen LogP contribution in [0.5, 0.6) is 0 Å². The standard InChI is InChI=1S/C17H13BrN2O2S/c1-10(21)19-14-4-2-11(3-5-14)16-7-12(17(22)20-16)6-15-8-13(18)9-23-15/h2-9H,1H3,(H,19,21)(H,20,22). The Morgan fingerprint density at radius 2 is 2.04 bits per heavy atom. The minimum absolute atomic E-state index is 0.113. The number of halogens is 1. The van der Waals surface area contributed by atoms with Gasteiger partial charge in [-0.1, -0.05) is 12.1 Å². The fourth-order valence-electron chi connectivity index (χ4n) is 2.21. The molecule has 2 aromatic rings. The zero-order valence-corrected chi connectivity index (χ0v) is 14.6. The summed E-state index contributed by atoms with van der Waals surface area (Å²) < 4.78 is 1.01. The van der Waals surface area contributed by atoms with Crippen LogP contribution < -0.4 is 10.6 Å². The third kappa shape index (κ3) is 3.78. The number of anilines is 1. The number of benzene rings is 1. The van der Waals surface area contributed by atoms with E-state index in [1.54, 1.807) is 11.3 Å². The first-order valence-corrected chi connectivity index (χ1v) is 8.55. The largest absolute Gasteiger partial charge is 0.326 e. The molecule has 2 N–H and O–H groups in total. The molecule has 0 bridgehead atoms. The number of carbonyl (C=O) groups is 2. The van der Waals surface area contributed by atoms with Crippen molar-refractivity contribution in [2.75, 3.05) is 5.32 Å². The minimum Gasteiger partial charge on any atom is -0.326 e. The van der Waals surface area contributed by atoms with Crippen molar-refractivity contribution in [1.29, 1.82) is 0 Å². The minimum atomic E-state index is -0.115. The molecule has 3 rings (SSSR count). The molecular weight excluding hydrogens is 376 g/mol. The maximum atomic E-state index is 12.1. The molecule has 2 amide bonds. The van der Waals surface area contributed by atoms with Gasteiger partial charge in [-0.2, -0.15) is 0 Å². The monoisotopic (exact) mass is 388 g/mol. The number of carbonyl (C=O) groups excluding carboxylic acids is 2. The van der Waals surface area contributed by atoms with E-state index in [9.17, 15) is 9.59 Å². The normalized spacial score (nSPS) is 15.5. The second kappa shape index (κ2) is 6.52. The Morgan fingerprint density at radius 1 is 1.30 bits per heavy atom. The summed E-state index contributed by atoms with van der Waals surface area (Å²) in [7, 11) is 0. The lowest BCUT2D eigenvalue weighted by atomic mass is 10.1. The van der Waals surface area contributed by atoms with E-state index in [4.69, 9.17) is 0 Å². The van der Waals surface area contributed by atoms with Gasteiger partial charge in [0, 0.05) is 38.6 Å². The average molecular weight is 389 g/mol. The smallest absolute Gasteiger partial charge is 0.255 e. The summed E-state index contributed by atoms with van der Waals surface area (Å²) in [4.78, 5) is 24.1. The van der Waals surface area contributed by atoms with Crippen molar-refractivity contribution in [2.24, 2.45) is 0 Å². The second-order valence-electron chi connectivity index (χ2n) is 5.04. The first kappa shape index (κ1) is 15.7. The maximum absolute atomic E-state index is 12.1. The fraction of sp³-hybridized carbons (Fsp3) is 0.0588. The van der Waals surface area contributed by atoms with Gasteiger partial charge in [-0.25, -0.2) is 0 Å². The first-order chi connectivity index (χ1) is 11.0. The molecule has 116 valence electrons. The highest BCUT2D eigenvalue weighted by molar-refractivity contribution is 9.10. The number of hydrogen-bond acceptors (Lipinski definition) is 3. The Kier molecular flexibility index (Phi) is 4.45. The topological polar surface area (TPSA) is 58.2 Å². The van der Waals surface area contributed by atoms with Gasteiger partial charge in [0.2, 0.25) is 5.91 Å². The van der Waals surface area contributed by atoms with Gasteiger partial charge >= 0.3 is 0 Å². The molecule has 0 fully saturated rings. The van der Waals surface area contributed by atoms with Crippen LogP contribution in [0.4, 0.5) is 5.69 Å². The first-order valence-electron chi connectivity index (χ1n) is 6.88. The number of rotatable bonds is 3. The van der Waals surface area contributed by atoms with Gasteiger partial charge < -0.3 is 10.6 Å². The lowest BCUT2D eigenvalue weighted by Gasteiger charge is -2.05. The molecule has 0 saturated carbocycles. The molecule has 1 aromatic heterocycles. The Labute approximate surface area is 146 Å². The Balaban J connectivity index is 1.83. The van der Waals surface area contributed by atoms with Crippen molar-refractivity contribution in [3.05, 3.63) is 62.3 Å². The maximum Gasteiger partial charge on any atom is 0.255 e. The van der Waals surface area contributed by atoms with Crippen molar-refractivity contribution < 1.29 is 9.59 Å². The highest BCUT2D eigenvalue weighted by Crippen LogP contribution is 2.26. The van der Waals surface area contributed by atoms with Crippen molar-refractivity contribution in [3.63, 3.8) is 0 Å². The summed E-state index contributed by atoms with van der Waals surface area (Å²) in [5.74, 6) is -0.228. The second-order valence-corrected chi connectivity index (χ2v) is 6.90. The van der Waals surface area contributed by atoms with Crippen LogP contribution in [0.2, 0.25) is 0 Å². The van der Waals surface area contributed by atoms with Gasteiger partial charge in [0.15, 0.2) is 0 Å². The molecule has 2 heterocycles. The molecule has 1 aliphatic heterocycles. The van der Waals surface area contributed by atoms with Crippen LogP contribution in [0.3, 0.4) is 0 Å². The van der Waals surface area contributed by atoms with E-state index < -0.39 is 0 Å². The van der Waals surface area contributed by atoms with Gasteiger partial charge in [0.1, 0.15) is 0 Å². The van der Waals surface area contributed by atoms with Crippen LogP contribution >= 0.6 is 27.3 Å². The van der Waals surface area contributed by atoms with Crippen molar-refractivity contribution in [2.45, 2.75) is 6.92 Å². The summed E-state index contributed by atoms with van der Waals surface area (Å²) >= 11 is 4.97. The number of nitrogens with one attached hydrogen (secondary N) is 2. The molecule has 0 aliphatic carbocycles. The van der Waals surface area contributed by atoms with Crippen LogP contribution in [0.25, 0.3) is 11.8 Å². The zero-order valence-electron chi connectivity index (χ0n) is 12.2. The van der Waals surface area contributed by atoms with Crippen LogP contribution in [0.15, 0.2) is 51.8 Å². The average Bonchev–Trinajstić information content (AvgIpc) is 3.06. The highest BCUT2D eigenvalue weighted by Gasteiger charge is 2.19. The van der Waals surface area contributed by atoms with Crippen molar-refractivity contribution in [3.8, 4) is 0 Å². The van der Waals surface area contributed by atoms with Crippen molar-refractivity contribution >= 4 is 56.5 Å². The molecular formula is C17H13BrN2O2S. The lowest BCUT2D eigenvalue weighted by molar-refractivity contribution is -0.116. The predicted molar refractivity (Wildman–Crippen MR) is 96.9 cm³/mol. The SMILES string of the molecule is CC(=O)Nc1ccc(C2=CC(=Cc3cc(Br)cs3)C(=O)N2)cc1. The summed E-state index contributed by atoms with van der Waals surface area (Å²) in [5.41, 5.74) is 3.00. The van der Waals surface area contributed by atoms with Crippen LogP contribution in [0.1, 0.15) is 17.4 Å². The Morgan fingerprint density at radius 3 is 2.65 bits per heavy atom. The Bertz CT molecular complexity index is 835. The molecule has 0 spiro atoms. The number of thiophene rings is 1. The highest BCUT2D eigenvalue weighted by atomic mass is 79.9. The van der Waals surface area contributed by atoms with Gasteiger partial charge in [0.05, 0.1) is 0 Å². The van der Waals surface area contributed by atoms with Gasteiger partial charge in [0.25, 0.3) is 5.91 Å². The summed E-state index contributed by atoms with van der Waals surface area (Å²) in [6.45, 7) is 1.47. The number of amides is 2. The fourth-order valence-corrected chi connectivity index (χ4v) is 3.59. The Hall–Kier alpha value is -2.18. The van der Waals surface area contributed by atoms with Crippen LogP contribution in [-0.4, -0.2) is 11.8 Å². The molecule has 6 heteroatoms. The van der Waals surface area contributed by atoms with E-state index in [0.29, 0.717) is 5.57 Å². The lowest BCUT2D eigenvalue weighted by Crippen LogP contribution is -2.15. The van der Waals surface area contributed by atoms with E-state index in [-0.39, 0.29) is 11.8 Å². The number of hydrogen-bond donors (Lipinski definition) is 2.